The van der Waals surface area contributed by atoms with Crippen LogP contribution in [0.15, 0.2) is 0 Å². The van der Waals surface area contributed by atoms with Crippen molar-refractivity contribution in [2.45, 2.75) is 46.0 Å². The number of hydrogen-bond acceptors (Lipinski definition) is 2. The summed E-state index contributed by atoms with van der Waals surface area (Å²) in [5, 5.41) is 2.60. The normalized spacial score (nSPS) is 16.4. The van der Waals surface area contributed by atoms with Crippen LogP contribution in [-0.4, -0.2) is 18.7 Å². The van der Waals surface area contributed by atoms with E-state index in [9.17, 15) is 9.59 Å². The molecule has 0 unspecified atom stereocenters. The highest BCUT2D eigenvalue weighted by Crippen LogP contribution is 2.23. The third kappa shape index (κ3) is 5.00. The van der Waals surface area contributed by atoms with Gasteiger partial charge in [0.15, 0.2) is 0 Å². The molecule has 0 aliphatic heterocycles. The third-order valence-corrected chi connectivity index (χ3v) is 2.34. The van der Waals surface area contributed by atoms with E-state index in [1.807, 2.05) is 13.8 Å². The molecular weight excluding hydrogens is 178 g/mol. The van der Waals surface area contributed by atoms with Crippen LogP contribution in [-0.2, 0) is 9.59 Å². The van der Waals surface area contributed by atoms with Crippen molar-refractivity contribution in [3.63, 3.8) is 0 Å². The van der Waals surface area contributed by atoms with E-state index in [0.29, 0.717) is 0 Å². The highest BCUT2D eigenvalue weighted by Gasteiger charge is 2.19. The lowest BCUT2D eigenvalue weighted by molar-refractivity contribution is -0.126. The summed E-state index contributed by atoms with van der Waals surface area (Å²) in [6.45, 7) is 4.16. The first-order chi connectivity index (χ1) is 6.84. The summed E-state index contributed by atoms with van der Waals surface area (Å²) in [5.74, 6) is 0.223. The molecule has 0 atom stereocenters. The fourth-order valence-electron chi connectivity index (χ4n) is 1.65. The number of amides is 1. The second kappa shape index (κ2) is 8.73. The highest BCUT2D eigenvalue weighted by molar-refractivity contribution is 5.80. The van der Waals surface area contributed by atoms with E-state index < -0.39 is 0 Å². The molecule has 1 fully saturated rings. The van der Waals surface area contributed by atoms with Crippen molar-refractivity contribution in [2.75, 3.05) is 6.54 Å². The van der Waals surface area contributed by atoms with Crippen LogP contribution in [0.3, 0.4) is 0 Å². The Balaban J connectivity index is 0.000000791. The zero-order valence-corrected chi connectivity index (χ0v) is 9.21. The maximum atomic E-state index is 11.3. The van der Waals surface area contributed by atoms with Crippen LogP contribution in [0.1, 0.15) is 46.0 Å². The van der Waals surface area contributed by atoms with Gasteiger partial charge in [0.2, 0.25) is 5.91 Å². The summed E-state index contributed by atoms with van der Waals surface area (Å²) in [4.78, 5) is 21.3. The Labute approximate surface area is 86.3 Å². The zero-order chi connectivity index (χ0) is 10.8. The molecule has 82 valence electrons. The van der Waals surface area contributed by atoms with E-state index >= 15 is 0 Å². The number of carbonyl (C=O) groups excluding carboxylic acids is 2. The highest BCUT2D eigenvalue weighted by atomic mass is 16.2. The standard InChI is InChI=1S/C9H15NO2.C2H6/c11-7-6-10-9(12)8-4-2-1-3-5-8;1-2/h7-8H,1-6H2,(H,10,12);1-2H3. The largest absolute Gasteiger partial charge is 0.349 e. The first-order valence-electron chi connectivity index (χ1n) is 5.56. The first-order valence-corrected chi connectivity index (χ1v) is 5.56. The van der Waals surface area contributed by atoms with Gasteiger partial charge in [-0.15, -0.1) is 0 Å². The molecule has 0 aromatic carbocycles. The van der Waals surface area contributed by atoms with E-state index in [1.165, 1.54) is 6.42 Å². The molecule has 0 radical (unpaired) electrons. The van der Waals surface area contributed by atoms with Crippen LogP contribution in [0, 0.1) is 5.92 Å². The summed E-state index contributed by atoms with van der Waals surface area (Å²) < 4.78 is 0. The Kier molecular flexibility index (Phi) is 8.19. The van der Waals surface area contributed by atoms with Gasteiger partial charge in [-0.3, -0.25) is 4.79 Å². The van der Waals surface area contributed by atoms with E-state index in [1.54, 1.807) is 0 Å². The minimum atomic E-state index is 0.0572. The lowest BCUT2D eigenvalue weighted by Crippen LogP contribution is -2.32. The van der Waals surface area contributed by atoms with E-state index in [-0.39, 0.29) is 18.4 Å². The van der Waals surface area contributed by atoms with Gasteiger partial charge in [0, 0.05) is 5.92 Å². The van der Waals surface area contributed by atoms with Crippen molar-refractivity contribution in [3.8, 4) is 0 Å². The number of hydrogen-bond donors (Lipinski definition) is 1. The molecule has 1 aliphatic rings. The molecule has 0 bridgehead atoms. The average Bonchev–Trinajstić information content (AvgIpc) is 2.30. The van der Waals surface area contributed by atoms with Gasteiger partial charge in [-0.1, -0.05) is 33.1 Å². The van der Waals surface area contributed by atoms with Crippen molar-refractivity contribution in [2.24, 2.45) is 5.92 Å². The minimum absolute atomic E-state index is 0.0572. The van der Waals surface area contributed by atoms with Gasteiger partial charge in [0.1, 0.15) is 6.29 Å². The quantitative estimate of drug-likeness (QED) is 0.706. The van der Waals surface area contributed by atoms with Gasteiger partial charge >= 0.3 is 0 Å². The topological polar surface area (TPSA) is 46.2 Å². The van der Waals surface area contributed by atoms with E-state index in [0.717, 1.165) is 32.0 Å². The smallest absolute Gasteiger partial charge is 0.223 e. The van der Waals surface area contributed by atoms with Crippen LogP contribution in [0.25, 0.3) is 0 Å². The summed E-state index contributed by atoms with van der Waals surface area (Å²) in [6.07, 6.45) is 6.26. The predicted octanol–water partition coefficient (Wildman–Crippen LogP) is 1.91. The Morgan fingerprint density at radius 1 is 1.29 bits per heavy atom. The van der Waals surface area contributed by atoms with Crippen molar-refractivity contribution in [1.82, 2.24) is 5.32 Å². The summed E-state index contributed by atoms with van der Waals surface area (Å²) >= 11 is 0. The Morgan fingerprint density at radius 3 is 2.36 bits per heavy atom. The van der Waals surface area contributed by atoms with Gasteiger partial charge in [0.05, 0.1) is 6.54 Å². The van der Waals surface area contributed by atoms with Gasteiger partial charge in [-0.25, -0.2) is 0 Å². The number of aldehydes is 1. The lowest BCUT2D eigenvalue weighted by Gasteiger charge is -2.19. The Bertz CT molecular complexity index is 163. The molecule has 1 amide bonds. The number of rotatable bonds is 3. The third-order valence-electron chi connectivity index (χ3n) is 2.34. The van der Waals surface area contributed by atoms with Gasteiger partial charge in [-0.2, -0.15) is 0 Å². The summed E-state index contributed by atoms with van der Waals surface area (Å²) in [7, 11) is 0. The second-order valence-corrected chi connectivity index (χ2v) is 3.25. The summed E-state index contributed by atoms with van der Waals surface area (Å²) in [6, 6.07) is 0. The summed E-state index contributed by atoms with van der Waals surface area (Å²) in [5.41, 5.74) is 0. The maximum Gasteiger partial charge on any atom is 0.223 e. The maximum absolute atomic E-state index is 11.3. The molecule has 0 aromatic rings. The molecule has 0 saturated heterocycles. The zero-order valence-electron chi connectivity index (χ0n) is 9.21. The van der Waals surface area contributed by atoms with Crippen LogP contribution in [0.2, 0.25) is 0 Å². The van der Waals surface area contributed by atoms with Crippen molar-refractivity contribution < 1.29 is 9.59 Å². The fraction of sp³-hybridized carbons (Fsp3) is 0.818. The lowest BCUT2D eigenvalue weighted by atomic mass is 9.89. The van der Waals surface area contributed by atoms with Crippen LogP contribution < -0.4 is 5.32 Å². The first kappa shape index (κ1) is 13.1. The molecule has 1 aliphatic carbocycles. The van der Waals surface area contributed by atoms with Crippen LogP contribution in [0.5, 0.6) is 0 Å². The van der Waals surface area contributed by atoms with Crippen LogP contribution in [0.4, 0.5) is 0 Å². The van der Waals surface area contributed by atoms with Crippen molar-refractivity contribution in [1.29, 1.82) is 0 Å². The Hall–Kier alpha value is -0.860. The molecule has 1 rings (SSSR count). The molecule has 3 nitrogen and oxygen atoms in total. The van der Waals surface area contributed by atoms with Gasteiger partial charge in [0.25, 0.3) is 0 Å². The molecule has 0 heterocycles. The second-order valence-electron chi connectivity index (χ2n) is 3.25. The number of nitrogens with one attached hydrogen (secondary N) is 1. The fourth-order valence-corrected chi connectivity index (χ4v) is 1.65. The molecule has 1 saturated carbocycles. The van der Waals surface area contributed by atoms with Gasteiger partial charge in [-0.05, 0) is 12.8 Å². The van der Waals surface area contributed by atoms with E-state index in [4.69, 9.17) is 0 Å². The minimum Gasteiger partial charge on any atom is -0.349 e. The molecule has 1 N–H and O–H groups in total. The Morgan fingerprint density at radius 2 is 1.86 bits per heavy atom. The molecular formula is C11H21NO2. The SMILES string of the molecule is CC.O=CCNC(=O)C1CCCCC1. The number of carbonyl (C=O) groups is 2. The average molecular weight is 199 g/mol. The predicted molar refractivity (Wildman–Crippen MR) is 57.0 cm³/mol. The van der Waals surface area contributed by atoms with E-state index in [2.05, 4.69) is 5.32 Å². The van der Waals surface area contributed by atoms with Crippen LogP contribution >= 0.6 is 0 Å². The molecule has 0 aromatic heterocycles. The monoisotopic (exact) mass is 199 g/mol. The molecule has 14 heavy (non-hydrogen) atoms. The molecule has 0 spiro atoms. The van der Waals surface area contributed by atoms with Gasteiger partial charge < -0.3 is 10.1 Å². The molecule has 3 heteroatoms. The van der Waals surface area contributed by atoms with Crippen molar-refractivity contribution >= 4 is 12.2 Å². The van der Waals surface area contributed by atoms with Crippen molar-refractivity contribution in [3.05, 3.63) is 0 Å².